The van der Waals surface area contributed by atoms with Gasteiger partial charge < -0.3 is 34.3 Å². The number of allylic oxidation sites excluding steroid dienone is 4. The molecule has 6 unspecified atom stereocenters. The highest BCUT2D eigenvalue weighted by Crippen LogP contribution is 2.26. The Morgan fingerprint density at radius 3 is 1.45 bits per heavy atom. The van der Waals surface area contributed by atoms with Gasteiger partial charge in [-0.15, -0.1) is 0 Å². The summed E-state index contributed by atoms with van der Waals surface area (Å²) in [4.78, 5) is 12.9. The monoisotopic (exact) mass is 975 g/mol. The maximum absolute atomic E-state index is 12.9. The predicted octanol–water partition coefficient (Wildman–Crippen LogP) is 13.1. The van der Waals surface area contributed by atoms with Gasteiger partial charge in [-0.3, -0.25) is 9.35 Å². The molecule has 1 aliphatic heterocycles. The lowest BCUT2D eigenvalue weighted by molar-refractivity contribution is -0.301. The number of aliphatic hydroxyl groups excluding tert-OH is 3. The maximum atomic E-state index is 12.9. The fourth-order valence-corrected chi connectivity index (χ4v) is 9.16. The van der Waals surface area contributed by atoms with E-state index in [-0.39, 0.29) is 19.6 Å². The molecule has 67 heavy (non-hydrogen) atoms. The van der Waals surface area contributed by atoms with Crippen molar-refractivity contribution in [2.45, 2.75) is 288 Å². The van der Waals surface area contributed by atoms with Crippen molar-refractivity contribution in [2.24, 2.45) is 0 Å². The lowest BCUT2D eigenvalue weighted by Gasteiger charge is -2.41. The summed E-state index contributed by atoms with van der Waals surface area (Å²) in [5.41, 5.74) is 0. The molecule has 0 radical (unpaired) electrons. The molecule has 0 aromatic heterocycles. The second-order valence-corrected chi connectivity index (χ2v) is 20.2. The Hall–Kier alpha value is -1.42. The Morgan fingerprint density at radius 2 is 0.985 bits per heavy atom. The molecule has 4 N–H and O–H groups in total. The molecule has 1 aliphatic rings. The molecule has 0 aromatic rings. The van der Waals surface area contributed by atoms with E-state index in [1.165, 1.54) is 180 Å². The van der Waals surface area contributed by atoms with Crippen LogP contribution in [0.25, 0.3) is 0 Å². The zero-order chi connectivity index (χ0) is 48.9. The van der Waals surface area contributed by atoms with Gasteiger partial charge in [0, 0.05) is 13.0 Å². The largest absolute Gasteiger partial charge is 0.457 e. The minimum Gasteiger partial charge on any atom is -0.457 e. The number of unbranched alkanes of at least 4 members (excludes halogenated alkanes) is 32. The van der Waals surface area contributed by atoms with Crippen molar-refractivity contribution in [1.29, 1.82) is 0 Å². The SMILES string of the molecule is CCCCC/C=C\C/C=C\CCCCCCCCCCCCOCC(COC1OC(CO)C(O)C(OS(=O)(=O)O)C1O)OC(=O)CCCCCCCCCCCCCCCCCCCCCC. The minimum absolute atomic E-state index is 0.0385. The zero-order valence-electron chi connectivity index (χ0n) is 42.7. The molecule has 0 spiro atoms. The van der Waals surface area contributed by atoms with Crippen LogP contribution >= 0.6 is 0 Å². The van der Waals surface area contributed by atoms with Gasteiger partial charge in [-0.25, -0.2) is 4.18 Å². The third-order valence-electron chi connectivity index (χ3n) is 12.8. The molecule has 13 heteroatoms. The average molecular weight is 975 g/mol. The molecule has 1 rings (SSSR count). The van der Waals surface area contributed by atoms with E-state index in [4.69, 9.17) is 18.9 Å². The average Bonchev–Trinajstić information content (AvgIpc) is 3.30. The summed E-state index contributed by atoms with van der Waals surface area (Å²) in [6, 6.07) is 0. The van der Waals surface area contributed by atoms with Crippen LogP contribution in [-0.2, 0) is 38.3 Å². The van der Waals surface area contributed by atoms with Crippen molar-refractivity contribution < 1.29 is 56.2 Å². The number of ether oxygens (including phenoxy) is 4. The van der Waals surface area contributed by atoms with Gasteiger partial charge in [0.25, 0.3) is 0 Å². The van der Waals surface area contributed by atoms with E-state index < -0.39 is 59.8 Å². The molecule has 0 bridgehead atoms. The van der Waals surface area contributed by atoms with Crippen molar-refractivity contribution in [3.05, 3.63) is 24.3 Å². The van der Waals surface area contributed by atoms with Crippen LogP contribution < -0.4 is 0 Å². The first kappa shape index (κ1) is 63.6. The van der Waals surface area contributed by atoms with Crippen LogP contribution in [0, 0.1) is 0 Å². The first-order chi connectivity index (χ1) is 32.6. The van der Waals surface area contributed by atoms with Gasteiger partial charge in [-0.05, 0) is 44.9 Å². The fourth-order valence-electron chi connectivity index (χ4n) is 8.65. The van der Waals surface area contributed by atoms with Crippen LogP contribution in [0.3, 0.4) is 0 Å². The Morgan fingerprint density at radius 1 is 0.567 bits per heavy atom. The molecule has 1 heterocycles. The number of carbonyl (C=O) groups excluding carboxylic acids is 1. The van der Waals surface area contributed by atoms with E-state index in [1.807, 2.05) is 0 Å². The Labute approximate surface area is 410 Å². The number of esters is 1. The molecule has 0 aliphatic carbocycles. The minimum atomic E-state index is -5.06. The summed E-state index contributed by atoms with van der Waals surface area (Å²) in [5.74, 6) is -0.394. The fraction of sp³-hybridized carbons (Fsp3) is 0.907. The number of hydrogen-bond acceptors (Lipinski definition) is 11. The van der Waals surface area contributed by atoms with Crippen molar-refractivity contribution in [2.75, 3.05) is 26.4 Å². The van der Waals surface area contributed by atoms with Gasteiger partial charge >= 0.3 is 16.4 Å². The molecule has 1 saturated heterocycles. The number of carbonyl (C=O) groups is 1. The smallest absolute Gasteiger partial charge is 0.397 e. The van der Waals surface area contributed by atoms with Gasteiger partial charge in [0.05, 0.1) is 19.8 Å². The molecular formula is C54H102O12S. The third-order valence-corrected chi connectivity index (χ3v) is 13.3. The van der Waals surface area contributed by atoms with Gasteiger partial charge in [0.15, 0.2) is 6.29 Å². The van der Waals surface area contributed by atoms with E-state index in [0.29, 0.717) is 13.0 Å². The van der Waals surface area contributed by atoms with Crippen molar-refractivity contribution in [3.63, 3.8) is 0 Å². The maximum Gasteiger partial charge on any atom is 0.397 e. The van der Waals surface area contributed by atoms with Crippen LogP contribution in [-0.4, -0.2) is 97.5 Å². The van der Waals surface area contributed by atoms with E-state index in [0.717, 1.165) is 44.9 Å². The normalized spacial score (nSPS) is 19.5. The summed E-state index contributed by atoms with van der Waals surface area (Å²) in [6.45, 7) is 4.01. The van der Waals surface area contributed by atoms with Gasteiger partial charge in [0.2, 0.25) is 0 Å². The van der Waals surface area contributed by atoms with Crippen molar-refractivity contribution >= 4 is 16.4 Å². The van der Waals surface area contributed by atoms with E-state index in [9.17, 15) is 33.1 Å². The van der Waals surface area contributed by atoms with E-state index >= 15 is 0 Å². The summed E-state index contributed by atoms with van der Waals surface area (Å²) < 4.78 is 59.4. The third kappa shape index (κ3) is 39.0. The quantitative estimate of drug-likeness (QED) is 0.0197. The van der Waals surface area contributed by atoms with Gasteiger partial charge in [0.1, 0.15) is 30.5 Å². The number of hydrogen-bond donors (Lipinski definition) is 4. The molecule has 6 atom stereocenters. The predicted molar refractivity (Wildman–Crippen MR) is 271 cm³/mol. The lowest BCUT2D eigenvalue weighted by Crippen LogP contribution is -2.60. The highest BCUT2D eigenvalue weighted by atomic mass is 32.3. The van der Waals surface area contributed by atoms with Crippen LogP contribution in [0.15, 0.2) is 24.3 Å². The zero-order valence-corrected chi connectivity index (χ0v) is 43.5. The first-order valence-corrected chi connectivity index (χ1v) is 29.0. The number of aliphatic hydroxyl groups is 3. The van der Waals surface area contributed by atoms with E-state index in [2.05, 4.69) is 42.3 Å². The molecular weight excluding hydrogens is 873 g/mol. The molecule has 0 aromatic carbocycles. The van der Waals surface area contributed by atoms with Gasteiger partial charge in [-0.1, -0.05) is 224 Å². The van der Waals surface area contributed by atoms with E-state index in [1.54, 1.807) is 0 Å². The topological polar surface area (TPSA) is 178 Å². The standard InChI is InChI=1S/C54H102O12S/c1-3-5-7-9-11-13-15-17-19-21-23-25-27-29-31-33-35-37-39-41-43-50(56)64-48(47-63-54-52(58)53(66-67(59,60)61)51(57)49(45-55)65-54)46-62-44-42-40-38-36-34-32-30-28-26-24-22-20-18-16-14-12-10-8-6-4-2/h12,14,18,20,48-49,51-55,57-58H,3-11,13,15-17,19,21-47H2,1-2H3,(H,59,60,61)/b14-12-,20-18-. The van der Waals surface area contributed by atoms with Crippen LogP contribution in [0.1, 0.15) is 251 Å². The first-order valence-electron chi connectivity index (χ1n) is 27.6. The summed E-state index contributed by atoms with van der Waals surface area (Å²) >= 11 is 0. The molecule has 12 nitrogen and oxygen atoms in total. The summed E-state index contributed by atoms with van der Waals surface area (Å²) in [6.07, 6.45) is 44.9. The molecule has 0 saturated carbocycles. The van der Waals surface area contributed by atoms with Crippen LogP contribution in [0.2, 0.25) is 0 Å². The second kappa shape index (κ2) is 45.7. The molecule has 0 amide bonds. The van der Waals surface area contributed by atoms with Crippen LogP contribution in [0.4, 0.5) is 0 Å². The summed E-state index contributed by atoms with van der Waals surface area (Å²) in [5, 5.41) is 30.8. The van der Waals surface area contributed by atoms with Crippen LogP contribution in [0.5, 0.6) is 0 Å². The molecule has 396 valence electrons. The lowest BCUT2D eigenvalue weighted by atomic mass is 9.99. The number of rotatable bonds is 49. The van der Waals surface area contributed by atoms with Gasteiger partial charge in [-0.2, -0.15) is 8.42 Å². The highest BCUT2D eigenvalue weighted by Gasteiger charge is 2.48. The summed E-state index contributed by atoms with van der Waals surface area (Å²) in [7, 11) is -5.06. The Bertz CT molecular complexity index is 1260. The van der Waals surface area contributed by atoms with Crippen molar-refractivity contribution in [1.82, 2.24) is 0 Å². The highest BCUT2D eigenvalue weighted by molar-refractivity contribution is 7.80. The van der Waals surface area contributed by atoms with Crippen molar-refractivity contribution in [3.8, 4) is 0 Å². The second-order valence-electron chi connectivity index (χ2n) is 19.2. The Kier molecular flexibility index (Phi) is 43.4. The molecule has 1 fully saturated rings. The Balaban J connectivity index is 2.32.